The van der Waals surface area contributed by atoms with Gasteiger partial charge < -0.3 is 19.5 Å². The van der Waals surface area contributed by atoms with E-state index in [1.807, 2.05) is 6.92 Å². The summed E-state index contributed by atoms with van der Waals surface area (Å²) < 4.78 is 42.7. The van der Waals surface area contributed by atoms with Crippen LogP contribution in [0.25, 0.3) is 0 Å². The number of halogens is 1. The van der Waals surface area contributed by atoms with E-state index in [0.717, 1.165) is 16.1 Å². The zero-order valence-corrected chi connectivity index (χ0v) is 20.7. The summed E-state index contributed by atoms with van der Waals surface area (Å²) in [5.74, 6) is 0.976. The van der Waals surface area contributed by atoms with E-state index in [1.54, 1.807) is 54.6 Å². The fourth-order valence-electron chi connectivity index (χ4n) is 3.21. The van der Waals surface area contributed by atoms with Crippen molar-refractivity contribution in [2.24, 2.45) is 0 Å². The molecule has 0 heterocycles. The molecule has 0 atom stereocenters. The lowest BCUT2D eigenvalue weighted by Gasteiger charge is -2.24. The minimum absolute atomic E-state index is 0.261. The lowest BCUT2D eigenvalue weighted by atomic mass is 10.2. The van der Waals surface area contributed by atoms with Gasteiger partial charge in [0.15, 0.2) is 17.2 Å². The van der Waals surface area contributed by atoms with Crippen LogP contribution in [0, 0.1) is 6.92 Å². The number of ether oxygens (including phenoxy) is 3. The van der Waals surface area contributed by atoms with Crippen molar-refractivity contribution in [1.29, 1.82) is 0 Å². The van der Waals surface area contributed by atoms with Crippen molar-refractivity contribution in [1.82, 2.24) is 0 Å². The van der Waals surface area contributed by atoms with Crippen LogP contribution >= 0.6 is 11.6 Å². The van der Waals surface area contributed by atoms with Crippen molar-refractivity contribution >= 4 is 38.9 Å². The van der Waals surface area contributed by atoms with Gasteiger partial charge in [0.05, 0.1) is 31.9 Å². The zero-order chi connectivity index (χ0) is 24.9. The highest BCUT2D eigenvalue weighted by Crippen LogP contribution is 2.36. The number of aryl methyl sites for hydroxylation is 1. The van der Waals surface area contributed by atoms with Gasteiger partial charge in [-0.2, -0.15) is 0 Å². The molecule has 10 heteroatoms. The maximum atomic E-state index is 13.0. The van der Waals surface area contributed by atoms with E-state index >= 15 is 0 Å². The van der Waals surface area contributed by atoms with Crippen molar-refractivity contribution in [3.8, 4) is 23.0 Å². The number of sulfonamides is 1. The summed E-state index contributed by atoms with van der Waals surface area (Å²) in [7, 11) is -0.859. The number of amides is 1. The van der Waals surface area contributed by atoms with Crippen molar-refractivity contribution in [3.05, 3.63) is 71.2 Å². The second-order valence-corrected chi connectivity index (χ2v) is 9.73. The third-order valence-electron chi connectivity index (χ3n) is 4.80. The molecule has 0 unspecified atom stereocenters. The predicted molar refractivity (Wildman–Crippen MR) is 133 cm³/mol. The fourth-order valence-corrected chi connectivity index (χ4v) is 4.23. The molecule has 0 aliphatic rings. The Balaban J connectivity index is 1.90. The van der Waals surface area contributed by atoms with E-state index in [4.69, 9.17) is 25.8 Å². The Morgan fingerprint density at radius 3 is 2.24 bits per heavy atom. The first kappa shape index (κ1) is 25.2. The molecule has 0 saturated heterocycles. The molecule has 34 heavy (non-hydrogen) atoms. The molecule has 0 bridgehead atoms. The smallest absolute Gasteiger partial charge is 0.245 e. The zero-order valence-electron chi connectivity index (χ0n) is 19.2. The summed E-state index contributed by atoms with van der Waals surface area (Å²) in [6, 6.07) is 16.8. The van der Waals surface area contributed by atoms with Gasteiger partial charge in [0.25, 0.3) is 0 Å². The molecule has 3 aromatic carbocycles. The Bertz CT molecular complexity index is 1300. The summed E-state index contributed by atoms with van der Waals surface area (Å²) in [4.78, 5) is 13.0. The van der Waals surface area contributed by atoms with Gasteiger partial charge in [0.1, 0.15) is 12.3 Å². The summed E-state index contributed by atoms with van der Waals surface area (Å²) in [5.41, 5.74) is 1.34. The SMILES string of the molecule is COc1ccccc1Oc1ccc(Cl)cc1NC(=O)CN(c1cc(C)ccc1OC)S(C)(=O)=O. The number of carbonyl (C=O) groups is 1. The van der Waals surface area contributed by atoms with Crippen LogP contribution in [0.2, 0.25) is 5.02 Å². The molecule has 0 saturated carbocycles. The number of hydrogen-bond donors (Lipinski definition) is 1. The summed E-state index contributed by atoms with van der Waals surface area (Å²) in [6.07, 6.45) is 1.03. The van der Waals surface area contributed by atoms with Crippen LogP contribution in [0.4, 0.5) is 11.4 Å². The Morgan fingerprint density at radius 2 is 1.59 bits per heavy atom. The number of methoxy groups -OCH3 is 2. The Kier molecular flexibility index (Phi) is 7.90. The van der Waals surface area contributed by atoms with Gasteiger partial charge in [-0.25, -0.2) is 8.42 Å². The molecule has 0 aliphatic carbocycles. The van der Waals surface area contributed by atoms with Crippen LogP contribution in [-0.2, 0) is 14.8 Å². The van der Waals surface area contributed by atoms with Crippen LogP contribution in [0.1, 0.15) is 5.56 Å². The number of hydrogen-bond acceptors (Lipinski definition) is 6. The molecule has 0 fully saturated rings. The largest absolute Gasteiger partial charge is 0.495 e. The van der Waals surface area contributed by atoms with E-state index < -0.39 is 22.5 Å². The van der Waals surface area contributed by atoms with Gasteiger partial charge in [-0.1, -0.05) is 29.8 Å². The Labute approximate surface area is 204 Å². The van der Waals surface area contributed by atoms with Gasteiger partial charge in [-0.3, -0.25) is 9.10 Å². The third kappa shape index (κ3) is 6.12. The first-order valence-electron chi connectivity index (χ1n) is 10.1. The van der Waals surface area contributed by atoms with E-state index in [-0.39, 0.29) is 11.4 Å². The maximum Gasteiger partial charge on any atom is 0.245 e. The minimum atomic E-state index is -3.81. The van der Waals surface area contributed by atoms with E-state index in [2.05, 4.69) is 5.32 Å². The van der Waals surface area contributed by atoms with Crippen LogP contribution in [0.3, 0.4) is 0 Å². The number of anilines is 2. The molecule has 0 aromatic heterocycles. The Morgan fingerprint density at radius 1 is 0.941 bits per heavy atom. The second kappa shape index (κ2) is 10.7. The van der Waals surface area contributed by atoms with Gasteiger partial charge >= 0.3 is 0 Å². The minimum Gasteiger partial charge on any atom is -0.495 e. The molecule has 180 valence electrons. The first-order valence-corrected chi connectivity index (χ1v) is 12.4. The van der Waals surface area contributed by atoms with E-state index in [1.165, 1.54) is 20.3 Å². The highest BCUT2D eigenvalue weighted by molar-refractivity contribution is 7.92. The molecular weight excluding hydrogens is 480 g/mol. The quantitative estimate of drug-likeness (QED) is 0.447. The monoisotopic (exact) mass is 504 g/mol. The van der Waals surface area contributed by atoms with Gasteiger partial charge in [0.2, 0.25) is 15.9 Å². The molecular formula is C24H25ClN2O6S. The van der Waals surface area contributed by atoms with E-state index in [9.17, 15) is 13.2 Å². The average Bonchev–Trinajstić information content (AvgIpc) is 2.79. The molecule has 0 radical (unpaired) electrons. The molecule has 1 amide bonds. The molecule has 1 N–H and O–H groups in total. The third-order valence-corrected chi connectivity index (χ3v) is 6.16. The lowest BCUT2D eigenvalue weighted by molar-refractivity contribution is -0.114. The van der Waals surface area contributed by atoms with Crippen molar-refractivity contribution in [3.63, 3.8) is 0 Å². The maximum absolute atomic E-state index is 13.0. The highest BCUT2D eigenvalue weighted by atomic mass is 35.5. The van der Waals surface area contributed by atoms with Crippen molar-refractivity contribution in [2.75, 3.05) is 36.6 Å². The second-order valence-electron chi connectivity index (χ2n) is 7.39. The van der Waals surface area contributed by atoms with Crippen LogP contribution < -0.4 is 23.8 Å². The summed E-state index contributed by atoms with van der Waals surface area (Å²) in [5, 5.41) is 3.06. The Hall–Kier alpha value is -3.43. The lowest BCUT2D eigenvalue weighted by Crippen LogP contribution is -2.37. The number of nitrogens with one attached hydrogen (secondary N) is 1. The summed E-state index contributed by atoms with van der Waals surface area (Å²) >= 11 is 6.14. The van der Waals surface area contributed by atoms with Gasteiger partial charge in [-0.05, 0) is 55.0 Å². The summed E-state index contributed by atoms with van der Waals surface area (Å²) in [6.45, 7) is 1.33. The molecule has 3 aromatic rings. The topological polar surface area (TPSA) is 94.2 Å². The molecule has 0 spiro atoms. The number of rotatable bonds is 9. The van der Waals surface area contributed by atoms with Crippen LogP contribution in [0.5, 0.6) is 23.0 Å². The number of carbonyl (C=O) groups excluding carboxylic acids is 1. The first-order chi connectivity index (χ1) is 16.1. The number of benzene rings is 3. The molecule has 8 nitrogen and oxygen atoms in total. The van der Waals surface area contributed by atoms with Crippen LogP contribution in [-0.4, -0.2) is 41.3 Å². The fraction of sp³-hybridized carbons (Fsp3) is 0.208. The number of para-hydroxylation sites is 2. The normalized spacial score (nSPS) is 11.0. The molecule has 0 aliphatic heterocycles. The van der Waals surface area contributed by atoms with Gasteiger partial charge in [0, 0.05) is 5.02 Å². The van der Waals surface area contributed by atoms with Crippen molar-refractivity contribution < 1.29 is 27.4 Å². The van der Waals surface area contributed by atoms with Crippen molar-refractivity contribution in [2.45, 2.75) is 6.92 Å². The average molecular weight is 505 g/mol. The van der Waals surface area contributed by atoms with E-state index in [0.29, 0.717) is 28.0 Å². The standard InChI is InChI=1S/C24H25ClN2O6S/c1-16-9-11-21(31-2)19(13-16)27(34(4,29)30)15-24(28)26-18-14-17(25)10-12-20(18)33-23-8-6-5-7-22(23)32-3/h5-14H,15H2,1-4H3,(H,26,28). The molecule has 3 rings (SSSR count). The van der Waals surface area contributed by atoms with Gasteiger partial charge in [-0.15, -0.1) is 0 Å². The highest BCUT2D eigenvalue weighted by Gasteiger charge is 2.25. The van der Waals surface area contributed by atoms with Crippen LogP contribution in [0.15, 0.2) is 60.7 Å². The number of nitrogens with zero attached hydrogens (tertiary/aromatic N) is 1. The predicted octanol–water partition coefficient (Wildman–Crippen LogP) is 4.86.